The van der Waals surface area contributed by atoms with Crippen LogP contribution in [0.3, 0.4) is 0 Å². The van der Waals surface area contributed by atoms with Gasteiger partial charge in [0.2, 0.25) is 0 Å². The molecule has 1 aromatic heterocycles. The molecule has 0 unspecified atom stereocenters. The minimum absolute atomic E-state index is 0.733. The lowest BCUT2D eigenvalue weighted by Gasteiger charge is -2.20. The van der Waals surface area contributed by atoms with E-state index in [1.54, 1.807) is 14.2 Å². The van der Waals surface area contributed by atoms with E-state index in [4.69, 9.17) is 14.5 Å². The van der Waals surface area contributed by atoms with Gasteiger partial charge in [0.15, 0.2) is 11.5 Å². The van der Waals surface area contributed by atoms with E-state index >= 15 is 0 Å². The average Bonchev–Trinajstić information content (AvgIpc) is 3.23. The van der Waals surface area contributed by atoms with E-state index in [0.29, 0.717) is 0 Å². The molecule has 0 aliphatic carbocycles. The first-order valence-corrected chi connectivity index (χ1v) is 9.75. The van der Waals surface area contributed by atoms with Crippen molar-refractivity contribution in [2.45, 2.75) is 13.0 Å². The van der Waals surface area contributed by atoms with Gasteiger partial charge in [0.25, 0.3) is 0 Å². The van der Waals surface area contributed by atoms with Crippen LogP contribution in [0.25, 0.3) is 33.8 Å². The van der Waals surface area contributed by atoms with E-state index in [1.807, 2.05) is 12.1 Å². The first-order chi connectivity index (χ1) is 14.3. The Morgan fingerprint density at radius 1 is 0.793 bits per heavy atom. The summed E-state index contributed by atoms with van der Waals surface area (Å²) in [5, 5.41) is 0. The molecule has 0 atom stereocenters. The van der Waals surface area contributed by atoms with Gasteiger partial charge in [0.05, 0.1) is 19.9 Å². The fourth-order valence-electron chi connectivity index (χ4n) is 3.98. The Bertz CT molecular complexity index is 1160. The molecule has 0 saturated heterocycles. The monoisotopic (exact) mass is 382 g/mol. The largest absolute Gasteiger partial charge is 0.493 e. The third-order valence-electron chi connectivity index (χ3n) is 5.54. The molecule has 5 rings (SSSR count). The quantitative estimate of drug-likeness (QED) is 0.470. The molecular formula is C25H22N2O2. The number of aryl methyl sites for hydroxylation is 2. The summed E-state index contributed by atoms with van der Waals surface area (Å²) in [4.78, 5) is 4.96. The van der Waals surface area contributed by atoms with Crippen molar-refractivity contribution < 1.29 is 9.47 Å². The fraction of sp³-hybridized carbons (Fsp3) is 0.160. The molecule has 0 spiro atoms. The molecule has 0 bridgehead atoms. The molecule has 1 aliphatic rings. The normalized spacial score (nSPS) is 12.2. The zero-order valence-corrected chi connectivity index (χ0v) is 16.6. The first-order valence-electron chi connectivity index (χ1n) is 9.75. The van der Waals surface area contributed by atoms with Crippen LogP contribution >= 0.6 is 0 Å². The number of aromatic nitrogens is 2. The summed E-state index contributed by atoms with van der Waals surface area (Å²) in [7, 11) is 3.34. The van der Waals surface area contributed by atoms with Crippen LogP contribution in [0.15, 0.2) is 72.9 Å². The fourth-order valence-corrected chi connectivity index (χ4v) is 3.98. The van der Waals surface area contributed by atoms with Gasteiger partial charge in [-0.25, -0.2) is 4.98 Å². The van der Waals surface area contributed by atoms with Gasteiger partial charge in [-0.3, -0.25) is 0 Å². The Hall–Kier alpha value is -3.53. The lowest BCUT2D eigenvalue weighted by molar-refractivity contribution is 0.354. The van der Waals surface area contributed by atoms with Gasteiger partial charge < -0.3 is 14.0 Å². The second-order valence-electron chi connectivity index (χ2n) is 7.20. The number of imidazole rings is 1. The second kappa shape index (κ2) is 7.13. The van der Waals surface area contributed by atoms with Gasteiger partial charge in [-0.05, 0) is 35.2 Å². The average molecular weight is 382 g/mol. The highest BCUT2D eigenvalue weighted by Gasteiger charge is 2.22. The van der Waals surface area contributed by atoms with Gasteiger partial charge in [-0.15, -0.1) is 0 Å². The summed E-state index contributed by atoms with van der Waals surface area (Å²) >= 11 is 0. The Balaban J connectivity index is 1.52. The highest BCUT2D eigenvalue weighted by atomic mass is 16.5. The molecule has 0 saturated carbocycles. The van der Waals surface area contributed by atoms with Crippen molar-refractivity contribution in [3.05, 3.63) is 78.5 Å². The smallest absolute Gasteiger partial charge is 0.161 e. The Morgan fingerprint density at radius 3 is 2.17 bits per heavy atom. The van der Waals surface area contributed by atoms with Crippen LogP contribution in [0.2, 0.25) is 0 Å². The maximum Gasteiger partial charge on any atom is 0.161 e. The van der Waals surface area contributed by atoms with E-state index in [9.17, 15) is 0 Å². The molecule has 4 nitrogen and oxygen atoms in total. The molecule has 29 heavy (non-hydrogen) atoms. The number of ether oxygens (including phenoxy) is 2. The van der Waals surface area contributed by atoms with E-state index < -0.39 is 0 Å². The molecular weight excluding hydrogens is 360 g/mol. The minimum atomic E-state index is 0.733. The maximum absolute atomic E-state index is 5.50. The minimum Gasteiger partial charge on any atom is -0.493 e. The standard InChI is InChI=1S/C25H22N2O2/c1-28-23-14-20-12-13-27-16-22(26-25(27)21(20)15-24(23)29-2)19-10-8-18(9-11-19)17-6-4-3-5-7-17/h3-11,14-16H,12-13H2,1-2H3. The predicted octanol–water partition coefficient (Wildman–Crippen LogP) is 5.46. The van der Waals surface area contributed by atoms with E-state index in [-0.39, 0.29) is 0 Å². The SMILES string of the molecule is COc1cc2c(cc1OC)-c1nc(-c3ccc(-c4ccccc4)cc3)cn1CC2. The van der Waals surface area contributed by atoms with Crippen LogP contribution in [0.5, 0.6) is 11.5 Å². The summed E-state index contributed by atoms with van der Waals surface area (Å²) in [6.07, 6.45) is 3.10. The lowest BCUT2D eigenvalue weighted by atomic mass is 10.00. The molecule has 0 fully saturated rings. The summed E-state index contributed by atoms with van der Waals surface area (Å²) in [6, 6.07) is 23.1. The summed E-state index contributed by atoms with van der Waals surface area (Å²) in [5.74, 6) is 2.48. The van der Waals surface area contributed by atoms with Crippen molar-refractivity contribution in [3.63, 3.8) is 0 Å². The van der Waals surface area contributed by atoms with Crippen molar-refractivity contribution in [1.29, 1.82) is 0 Å². The molecule has 4 aromatic rings. The van der Waals surface area contributed by atoms with Gasteiger partial charge >= 0.3 is 0 Å². The molecule has 0 amide bonds. The molecule has 1 aliphatic heterocycles. The number of rotatable bonds is 4. The van der Waals surface area contributed by atoms with Gasteiger partial charge in [-0.2, -0.15) is 0 Å². The number of fused-ring (bicyclic) bond motifs is 3. The van der Waals surface area contributed by atoms with Gasteiger partial charge in [0, 0.05) is 23.9 Å². The van der Waals surface area contributed by atoms with Crippen molar-refractivity contribution in [2.24, 2.45) is 0 Å². The van der Waals surface area contributed by atoms with E-state index in [1.165, 1.54) is 16.7 Å². The third-order valence-corrected chi connectivity index (χ3v) is 5.54. The summed E-state index contributed by atoms with van der Waals surface area (Å²) < 4.78 is 13.2. The zero-order chi connectivity index (χ0) is 19.8. The molecule has 3 aromatic carbocycles. The van der Waals surface area contributed by atoms with E-state index in [2.05, 4.69) is 65.4 Å². The van der Waals surface area contributed by atoms with Crippen LogP contribution < -0.4 is 9.47 Å². The zero-order valence-electron chi connectivity index (χ0n) is 16.6. The Morgan fingerprint density at radius 2 is 1.45 bits per heavy atom. The highest BCUT2D eigenvalue weighted by Crippen LogP contribution is 2.39. The molecule has 4 heteroatoms. The van der Waals surface area contributed by atoms with Gasteiger partial charge in [0.1, 0.15) is 5.82 Å². The summed E-state index contributed by atoms with van der Waals surface area (Å²) in [5.41, 5.74) is 6.89. The molecule has 2 heterocycles. The second-order valence-corrected chi connectivity index (χ2v) is 7.20. The predicted molar refractivity (Wildman–Crippen MR) is 115 cm³/mol. The molecule has 0 N–H and O–H groups in total. The lowest BCUT2D eigenvalue weighted by Crippen LogP contribution is -2.10. The topological polar surface area (TPSA) is 36.3 Å². The van der Waals surface area contributed by atoms with Crippen molar-refractivity contribution in [3.8, 4) is 45.3 Å². The van der Waals surface area contributed by atoms with Crippen LogP contribution in [0.1, 0.15) is 5.56 Å². The molecule has 0 radical (unpaired) electrons. The third kappa shape index (κ3) is 3.07. The number of hydrogen-bond donors (Lipinski definition) is 0. The van der Waals surface area contributed by atoms with Crippen molar-refractivity contribution in [1.82, 2.24) is 9.55 Å². The highest BCUT2D eigenvalue weighted by molar-refractivity contribution is 5.73. The van der Waals surface area contributed by atoms with Crippen LogP contribution in [-0.2, 0) is 13.0 Å². The van der Waals surface area contributed by atoms with Gasteiger partial charge in [-0.1, -0.05) is 54.6 Å². The Kier molecular flexibility index (Phi) is 4.32. The first kappa shape index (κ1) is 17.6. The Labute approximate surface area is 170 Å². The number of hydrogen-bond acceptors (Lipinski definition) is 3. The maximum atomic E-state index is 5.50. The number of methoxy groups -OCH3 is 2. The number of benzene rings is 3. The van der Waals surface area contributed by atoms with Crippen LogP contribution in [-0.4, -0.2) is 23.8 Å². The molecule has 144 valence electrons. The van der Waals surface area contributed by atoms with Crippen LogP contribution in [0, 0.1) is 0 Å². The van der Waals surface area contributed by atoms with Crippen molar-refractivity contribution in [2.75, 3.05) is 14.2 Å². The van der Waals surface area contributed by atoms with E-state index in [0.717, 1.165) is 47.1 Å². The number of nitrogens with zero attached hydrogens (tertiary/aromatic N) is 2. The summed E-state index contributed by atoms with van der Waals surface area (Å²) in [6.45, 7) is 0.910. The van der Waals surface area contributed by atoms with Crippen LogP contribution in [0.4, 0.5) is 0 Å². The van der Waals surface area contributed by atoms with Crippen molar-refractivity contribution >= 4 is 0 Å².